The second-order valence-electron chi connectivity index (χ2n) is 4.09. The Hall–Kier alpha value is -1.54. The van der Waals surface area contributed by atoms with Crippen LogP contribution in [0.5, 0.6) is 0 Å². The van der Waals surface area contributed by atoms with Gasteiger partial charge in [-0.25, -0.2) is 0 Å². The van der Waals surface area contributed by atoms with E-state index in [0.717, 1.165) is 25.3 Å². The minimum absolute atomic E-state index is 0.786. The van der Waals surface area contributed by atoms with Crippen LogP contribution in [0.15, 0.2) is 41.0 Å². The molecule has 0 spiro atoms. The molecule has 17 heavy (non-hydrogen) atoms. The number of rotatable bonds is 5. The van der Waals surface area contributed by atoms with Gasteiger partial charge in [0.2, 0.25) is 0 Å². The van der Waals surface area contributed by atoms with E-state index in [0.29, 0.717) is 0 Å². The van der Waals surface area contributed by atoms with Gasteiger partial charge in [0.1, 0.15) is 5.76 Å². The minimum Gasteiger partial charge on any atom is -0.467 e. The summed E-state index contributed by atoms with van der Waals surface area (Å²) in [6.07, 6.45) is 2.84. The lowest BCUT2D eigenvalue weighted by Crippen LogP contribution is -2.11. The molecule has 1 aromatic carbocycles. The third-order valence-corrected chi connectivity index (χ3v) is 2.95. The normalized spacial score (nSPS) is 10.7. The Kier molecular flexibility index (Phi) is 3.99. The maximum Gasteiger partial charge on any atom is 0.125 e. The fraction of sp³-hybridized carbons (Fsp3) is 0.333. The average molecular weight is 229 g/mol. The summed E-state index contributed by atoms with van der Waals surface area (Å²) in [4.78, 5) is 0. The van der Waals surface area contributed by atoms with Gasteiger partial charge in [0.15, 0.2) is 0 Å². The van der Waals surface area contributed by atoms with Crippen molar-refractivity contribution in [1.82, 2.24) is 5.32 Å². The van der Waals surface area contributed by atoms with Crippen molar-refractivity contribution in [3.63, 3.8) is 0 Å². The largest absolute Gasteiger partial charge is 0.467 e. The average Bonchev–Trinajstić information content (AvgIpc) is 2.84. The van der Waals surface area contributed by atoms with Crippen molar-refractivity contribution < 1.29 is 4.42 Å². The van der Waals surface area contributed by atoms with E-state index >= 15 is 0 Å². The molecule has 0 saturated heterocycles. The molecule has 0 aliphatic carbocycles. The third kappa shape index (κ3) is 2.77. The van der Waals surface area contributed by atoms with Crippen LogP contribution in [-0.2, 0) is 13.0 Å². The first-order valence-electron chi connectivity index (χ1n) is 6.21. The quantitative estimate of drug-likeness (QED) is 0.847. The molecule has 0 bridgehead atoms. The van der Waals surface area contributed by atoms with Gasteiger partial charge in [0.25, 0.3) is 0 Å². The summed E-state index contributed by atoms with van der Waals surface area (Å²) in [6, 6.07) is 10.7. The molecule has 0 saturated carbocycles. The number of nitrogens with one attached hydrogen (secondary N) is 1. The fourth-order valence-corrected chi connectivity index (χ4v) is 1.89. The minimum atomic E-state index is 0.786. The lowest BCUT2D eigenvalue weighted by molar-refractivity contribution is 0.489. The zero-order valence-electron chi connectivity index (χ0n) is 10.5. The summed E-state index contributed by atoms with van der Waals surface area (Å²) in [5, 5.41) is 3.29. The Bertz CT molecular complexity index is 456. The molecular weight excluding hydrogens is 210 g/mol. The highest BCUT2D eigenvalue weighted by atomic mass is 16.3. The summed E-state index contributed by atoms with van der Waals surface area (Å²) < 4.78 is 5.52. The zero-order valence-corrected chi connectivity index (χ0v) is 10.5. The van der Waals surface area contributed by atoms with Gasteiger partial charge in [0, 0.05) is 5.56 Å². The van der Waals surface area contributed by atoms with E-state index in [1.165, 1.54) is 16.7 Å². The molecule has 2 heteroatoms. The maximum atomic E-state index is 5.52. The van der Waals surface area contributed by atoms with Crippen LogP contribution in [0.2, 0.25) is 0 Å². The molecule has 0 aliphatic rings. The van der Waals surface area contributed by atoms with Crippen LogP contribution in [0.3, 0.4) is 0 Å². The van der Waals surface area contributed by atoms with E-state index in [1.807, 2.05) is 6.07 Å². The van der Waals surface area contributed by atoms with Crippen molar-refractivity contribution in [2.75, 3.05) is 6.54 Å². The molecule has 0 radical (unpaired) electrons. The van der Waals surface area contributed by atoms with Gasteiger partial charge < -0.3 is 9.73 Å². The fourth-order valence-electron chi connectivity index (χ4n) is 1.89. The zero-order chi connectivity index (χ0) is 12.1. The van der Waals surface area contributed by atoms with E-state index < -0.39 is 0 Å². The predicted molar refractivity (Wildman–Crippen MR) is 70.9 cm³/mol. The molecule has 2 nitrogen and oxygen atoms in total. The molecular formula is C15H19NO. The lowest BCUT2D eigenvalue weighted by Gasteiger charge is -2.04. The van der Waals surface area contributed by atoms with Gasteiger partial charge in [-0.15, -0.1) is 0 Å². The van der Waals surface area contributed by atoms with Crippen LogP contribution in [0.1, 0.15) is 25.2 Å². The van der Waals surface area contributed by atoms with Crippen LogP contribution < -0.4 is 5.32 Å². The second kappa shape index (κ2) is 5.69. The van der Waals surface area contributed by atoms with E-state index in [2.05, 4.69) is 43.4 Å². The second-order valence-corrected chi connectivity index (χ2v) is 4.09. The number of aryl methyl sites for hydroxylation is 1. The van der Waals surface area contributed by atoms with Crippen molar-refractivity contribution in [3.05, 3.63) is 47.9 Å². The van der Waals surface area contributed by atoms with Crippen molar-refractivity contribution >= 4 is 0 Å². The van der Waals surface area contributed by atoms with Crippen LogP contribution in [0, 0.1) is 0 Å². The summed E-state index contributed by atoms with van der Waals surface area (Å²) >= 11 is 0. The molecule has 0 aliphatic heterocycles. The summed E-state index contributed by atoms with van der Waals surface area (Å²) in [6.45, 7) is 6.01. The van der Waals surface area contributed by atoms with Gasteiger partial charge in [-0.05, 0) is 30.2 Å². The first kappa shape index (κ1) is 11.9. The third-order valence-electron chi connectivity index (χ3n) is 2.95. The molecule has 1 N–H and O–H groups in total. The van der Waals surface area contributed by atoms with Crippen molar-refractivity contribution in [3.8, 4) is 11.1 Å². The molecule has 0 atom stereocenters. The maximum absolute atomic E-state index is 5.52. The molecule has 1 heterocycles. The highest BCUT2D eigenvalue weighted by molar-refractivity contribution is 5.65. The Balaban J connectivity index is 2.23. The molecule has 2 rings (SSSR count). The molecule has 2 aromatic rings. The van der Waals surface area contributed by atoms with E-state index in [9.17, 15) is 0 Å². The van der Waals surface area contributed by atoms with Crippen molar-refractivity contribution in [1.29, 1.82) is 0 Å². The molecule has 0 amide bonds. The number of furan rings is 1. The highest BCUT2D eigenvalue weighted by Gasteiger charge is 2.07. The highest BCUT2D eigenvalue weighted by Crippen LogP contribution is 2.25. The van der Waals surface area contributed by atoms with Crippen LogP contribution in [0.4, 0.5) is 0 Å². The number of hydrogen-bond donors (Lipinski definition) is 1. The predicted octanol–water partition coefficient (Wildman–Crippen LogP) is 3.62. The summed E-state index contributed by atoms with van der Waals surface area (Å²) in [7, 11) is 0. The Morgan fingerprint density at radius 1 is 1.06 bits per heavy atom. The molecule has 1 aromatic heterocycles. The Labute approximate surface area is 103 Å². The Morgan fingerprint density at radius 2 is 1.82 bits per heavy atom. The summed E-state index contributed by atoms with van der Waals surface area (Å²) in [5.74, 6) is 1.01. The first-order chi connectivity index (χ1) is 8.35. The first-order valence-corrected chi connectivity index (χ1v) is 6.21. The Morgan fingerprint density at radius 3 is 2.47 bits per heavy atom. The van der Waals surface area contributed by atoms with Gasteiger partial charge >= 0.3 is 0 Å². The standard InChI is InChI=1S/C15H19NO/c1-3-12-5-7-13(8-6-12)14-9-10-17-15(14)11-16-4-2/h5-10,16H,3-4,11H2,1-2H3. The van der Waals surface area contributed by atoms with Crippen LogP contribution in [-0.4, -0.2) is 6.54 Å². The van der Waals surface area contributed by atoms with E-state index in [4.69, 9.17) is 4.42 Å². The van der Waals surface area contributed by atoms with Gasteiger partial charge in [-0.2, -0.15) is 0 Å². The lowest BCUT2D eigenvalue weighted by atomic mass is 10.0. The van der Waals surface area contributed by atoms with Crippen LogP contribution in [0.25, 0.3) is 11.1 Å². The van der Waals surface area contributed by atoms with Gasteiger partial charge in [0.05, 0.1) is 12.8 Å². The SMILES string of the molecule is CCNCc1occc1-c1ccc(CC)cc1. The summed E-state index contributed by atoms with van der Waals surface area (Å²) in [5.41, 5.74) is 3.78. The molecule has 0 fully saturated rings. The van der Waals surface area contributed by atoms with Crippen molar-refractivity contribution in [2.45, 2.75) is 26.8 Å². The smallest absolute Gasteiger partial charge is 0.125 e. The van der Waals surface area contributed by atoms with Crippen molar-refractivity contribution in [2.24, 2.45) is 0 Å². The molecule has 90 valence electrons. The molecule has 0 unspecified atom stereocenters. The van der Waals surface area contributed by atoms with Crippen LogP contribution >= 0.6 is 0 Å². The van der Waals surface area contributed by atoms with E-state index in [1.54, 1.807) is 6.26 Å². The van der Waals surface area contributed by atoms with Gasteiger partial charge in [-0.3, -0.25) is 0 Å². The monoisotopic (exact) mass is 229 g/mol. The number of hydrogen-bond acceptors (Lipinski definition) is 2. The topological polar surface area (TPSA) is 25.2 Å². The number of benzene rings is 1. The van der Waals surface area contributed by atoms with E-state index in [-0.39, 0.29) is 0 Å². The van der Waals surface area contributed by atoms with Gasteiger partial charge in [-0.1, -0.05) is 38.1 Å².